The molecule has 1 atom stereocenters. The highest BCUT2D eigenvalue weighted by molar-refractivity contribution is 5.98. The van der Waals surface area contributed by atoms with Crippen LogP contribution in [0.5, 0.6) is 17.2 Å². The lowest BCUT2D eigenvalue weighted by Gasteiger charge is -2.32. The summed E-state index contributed by atoms with van der Waals surface area (Å²) in [5.41, 5.74) is 0.349. The fourth-order valence-corrected chi connectivity index (χ4v) is 3.26. The highest BCUT2D eigenvalue weighted by Gasteiger charge is 2.30. The lowest BCUT2D eigenvalue weighted by molar-refractivity contribution is -0.135. The zero-order valence-electron chi connectivity index (χ0n) is 16.8. The molecule has 0 bridgehead atoms. The molecule has 1 fully saturated rings. The molecule has 0 saturated carbocycles. The number of amides is 2. The summed E-state index contributed by atoms with van der Waals surface area (Å²) >= 11 is 0. The molecule has 0 aromatic heterocycles. The Balaban J connectivity index is 2.23. The van der Waals surface area contributed by atoms with Crippen LogP contribution >= 0.6 is 0 Å². The minimum Gasteiger partial charge on any atom is -0.493 e. The zero-order valence-corrected chi connectivity index (χ0v) is 16.8. The van der Waals surface area contributed by atoms with Crippen molar-refractivity contribution < 1.29 is 23.8 Å². The highest BCUT2D eigenvalue weighted by Crippen LogP contribution is 2.38. The number of carbonyl (C=O) groups is 2. The van der Waals surface area contributed by atoms with Crippen LogP contribution in [0.1, 0.15) is 43.5 Å². The predicted molar refractivity (Wildman–Crippen MR) is 103 cm³/mol. The van der Waals surface area contributed by atoms with Gasteiger partial charge in [-0.15, -0.1) is 0 Å². The van der Waals surface area contributed by atoms with Gasteiger partial charge in [-0.3, -0.25) is 9.59 Å². The average molecular weight is 378 g/mol. The average Bonchev–Trinajstić information content (AvgIpc) is 2.70. The molecule has 1 aliphatic rings. The second-order valence-electron chi connectivity index (χ2n) is 7.00. The first-order valence-electron chi connectivity index (χ1n) is 9.32. The van der Waals surface area contributed by atoms with Gasteiger partial charge in [0.15, 0.2) is 11.5 Å². The van der Waals surface area contributed by atoms with E-state index in [1.165, 1.54) is 21.3 Å². The van der Waals surface area contributed by atoms with Gasteiger partial charge < -0.3 is 24.4 Å². The Kier molecular flexibility index (Phi) is 7.33. The topological polar surface area (TPSA) is 77.1 Å². The SMILES string of the molecule is COc1cc(C(=O)N[C@@H](C(=O)N2CCCCC2)C(C)C)cc(OC)c1OC. The summed E-state index contributed by atoms with van der Waals surface area (Å²) in [6.07, 6.45) is 3.17. The Bertz CT molecular complexity index is 643. The number of piperidine rings is 1. The van der Waals surface area contributed by atoms with E-state index in [2.05, 4.69) is 5.32 Å². The highest BCUT2D eigenvalue weighted by atomic mass is 16.5. The summed E-state index contributed by atoms with van der Waals surface area (Å²) < 4.78 is 15.9. The van der Waals surface area contributed by atoms with Gasteiger partial charge in [0, 0.05) is 18.7 Å². The molecule has 27 heavy (non-hydrogen) atoms. The van der Waals surface area contributed by atoms with E-state index in [0.717, 1.165) is 32.4 Å². The van der Waals surface area contributed by atoms with E-state index in [1.54, 1.807) is 12.1 Å². The molecule has 1 aliphatic heterocycles. The van der Waals surface area contributed by atoms with Crippen molar-refractivity contribution in [1.29, 1.82) is 0 Å². The number of rotatable bonds is 7. The van der Waals surface area contributed by atoms with E-state index < -0.39 is 6.04 Å². The smallest absolute Gasteiger partial charge is 0.252 e. The molecule has 1 N–H and O–H groups in total. The summed E-state index contributed by atoms with van der Waals surface area (Å²) in [5, 5.41) is 2.89. The summed E-state index contributed by atoms with van der Waals surface area (Å²) in [6.45, 7) is 5.37. The standard InChI is InChI=1S/C20H30N2O5/c1-13(2)17(20(24)22-9-7-6-8-10-22)21-19(23)14-11-15(25-3)18(27-5)16(12-14)26-4/h11-13,17H,6-10H2,1-5H3,(H,21,23)/t17-/m1/s1. The Morgan fingerprint density at radius 1 is 0.963 bits per heavy atom. The molecule has 1 aromatic rings. The summed E-state index contributed by atoms with van der Waals surface area (Å²) in [6, 6.07) is 2.59. The molecule has 7 heteroatoms. The Hall–Kier alpha value is -2.44. The summed E-state index contributed by atoms with van der Waals surface area (Å²) in [7, 11) is 4.50. The van der Waals surface area contributed by atoms with Crippen molar-refractivity contribution in [1.82, 2.24) is 10.2 Å². The van der Waals surface area contributed by atoms with E-state index in [-0.39, 0.29) is 17.7 Å². The van der Waals surface area contributed by atoms with Gasteiger partial charge in [-0.25, -0.2) is 0 Å². The van der Waals surface area contributed by atoms with Crippen molar-refractivity contribution in [3.05, 3.63) is 17.7 Å². The minimum absolute atomic E-state index is 0.0227. The molecule has 0 radical (unpaired) electrons. The number of nitrogens with one attached hydrogen (secondary N) is 1. The van der Waals surface area contributed by atoms with Crippen molar-refractivity contribution in [3.63, 3.8) is 0 Å². The maximum Gasteiger partial charge on any atom is 0.252 e. The predicted octanol–water partition coefficient (Wildman–Crippen LogP) is 2.48. The van der Waals surface area contributed by atoms with E-state index in [9.17, 15) is 9.59 Å². The molecule has 150 valence electrons. The Morgan fingerprint density at radius 3 is 1.96 bits per heavy atom. The van der Waals surface area contributed by atoms with Gasteiger partial charge in [-0.2, -0.15) is 0 Å². The van der Waals surface area contributed by atoms with Crippen LogP contribution in [0.3, 0.4) is 0 Å². The van der Waals surface area contributed by atoms with Crippen molar-refractivity contribution >= 4 is 11.8 Å². The molecule has 7 nitrogen and oxygen atoms in total. The second-order valence-corrected chi connectivity index (χ2v) is 7.00. The van der Waals surface area contributed by atoms with Gasteiger partial charge in [0.05, 0.1) is 21.3 Å². The number of carbonyl (C=O) groups excluding carboxylic acids is 2. The number of hydrogen-bond acceptors (Lipinski definition) is 5. The monoisotopic (exact) mass is 378 g/mol. The quantitative estimate of drug-likeness (QED) is 0.789. The molecule has 1 aromatic carbocycles. The Morgan fingerprint density at radius 2 is 1.52 bits per heavy atom. The van der Waals surface area contributed by atoms with Gasteiger partial charge in [0.25, 0.3) is 5.91 Å². The van der Waals surface area contributed by atoms with Crippen molar-refractivity contribution in [2.24, 2.45) is 5.92 Å². The van der Waals surface area contributed by atoms with E-state index in [1.807, 2.05) is 18.7 Å². The van der Waals surface area contributed by atoms with Crippen LogP contribution in [-0.2, 0) is 4.79 Å². The third kappa shape index (κ3) is 4.84. The third-order valence-corrected chi connectivity index (χ3v) is 4.81. The van der Waals surface area contributed by atoms with Gasteiger partial charge >= 0.3 is 0 Å². The van der Waals surface area contributed by atoms with Crippen molar-refractivity contribution in [3.8, 4) is 17.2 Å². The maximum atomic E-state index is 12.9. The number of methoxy groups -OCH3 is 3. The normalized spacial score (nSPS) is 15.3. The zero-order chi connectivity index (χ0) is 20.0. The van der Waals surface area contributed by atoms with E-state index in [0.29, 0.717) is 22.8 Å². The lowest BCUT2D eigenvalue weighted by Crippen LogP contribution is -2.52. The molecular formula is C20H30N2O5. The molecule has 0 aliphatic carbocycles. The van der Waals surface area contributed by atoms with Gasteiger partial charge in [-0.1, -0.05) is 13.8 Å². The van der Waals surface area contributed by atoms with Crippen LogP contribution in [0.25, 0.3) is 0 Å². The largest absolute Gasteiger partial charge is 0.493 e. The first kappa shape index (κ1) is 20.9. The van der Waals surface area contributed by atoms with Gasteiger partial charge in [-0.05, 0) is 37.3 Å². The van der Waals surface area contributed by atoms with E-state index in [4.69, 9.17) is 14.2 Å². The lowest BCUT2D eigenvalue weighted by atomic mass is 10.0. The fourth-order valence-electron chi connectivity index (χ4n) is 3.26. The summed E-state index contributed by atoms with van der Waals surface area (Å²) in [4.78, 5) is 27.6. The van der Waals surface area contributed by atoms with Crippen LogP contribution in [0.4, 0.5) is 0 Å². The third-order valence-electron chi connectivity index (χ3n) is 4.81. The van der Waals surface area contributed by atoms with Crippen LogP contribution in [0, 0.1) is 5.92 Å². The fraction of sp³-hybridized carbons (Fsp3) is 0.600. The Labute approximate surface area is 161 Å². The molecule has 0 spiro atoms. The number of hydrogen-bond donors (Lipinski definition) is 1. The van der Waals surface area contributed by atoms with Crippen molar-refractivity contribution in [2.75, 3.05) is 34.4 Å². The first-order chi connectivity index (χ1) is 12.9. The molecule has 2 rings (SSSR count). The first-order valence-corrected chi connectivity index (χ1v) is 9.32. The minimum atomic E-state index is -0.574. The number of likely N-dealkylation sites (tertiary alicyclic amines) is 1. The number of benzene rings is 1. The van der Waals surface area contributed by atoms with Gasteiger partial charge in [0.1, 0.15) is 6.04 Å². The van der Waals surface area contributed by atoms with Crippen LogP contribution in [0.2, 0.25) is 0 Å². The summed E-state index contributed by atoms with van der Waals surface area (Å²) in [5.74, 6) is 0.812. The maximum absolute atomic E-state index is 12.9. The second kappa shape index (κ2) is 9.48. The molecule has 1 heterocycles. The molecule has 1 saturated heterocycles. The molecule has 0 unspecified atom stereocenters. The van der Waals surface area contributed by atoms with Crippen LogP contribution in [-0.4, -0.2) is 57.2 Å². The van der Waals surface area contributed by atoms with Crippen LogP contribution < -0.4 is 19.5 Å². The van der Waals surface area contributed by atoms with Crippen LogP contribution in [0.15, 0.2) is 12.1 Å². The number of nitrogens with zero attached hydrogens (tertiary/aromatic N) is 1. The molecule has 2 amide bonds. The van der Waals surface area contributed by atoms with Gasteiger partial charge in [0.2, 0.25) is 11.7 Å². The van der Waals surface area contributed by atoms with E-state index >= 15 is 0 Å². The molecular weight excluding hydrogens is 348 g/mol. The van der Waals surface area contributed by atoms with Crippen molar-refractivity contribution in [2.45, 2.75) is 39.2 Å². The number of ether oxygens (including phenoxy) is 3.